The van der Waals surface area contributed by atoms with E-state index in [9.17, 15) is 4.79 Å². The number of hydrogen-bond acceptors (Lipinski definition) is 1. The first-order valence-corrected chi connectivity index (χ1v) is 8.12. The molecule has 1 N–H and O–H groups in total. The highest BCUT2D eigenvalue weighted by atomic mass is 35.5. The first kappa shape index (κ1) is 13.0. The van der Waals surface area contributed by atoms with Crippen LogP contribution in [0, 0.1) is 29.6 Å². The normalized spacial score (nSPS) is 36.8. The molecule has 0 aliphatic heterocycles. The van der Waals surface area contributed by atoms with E-state index in [0.29, 0.717) is 21.5 Å². The van der Waals surface area contributed by atoms with Gasteiger partial charge in [0.05, 0.1) is 10.6 Å². The van der Waals surface area contributed by atoms with Crippen LogP contribution in [0.4, 0.5) is 0 Å². The number of benzene rings is 1. The van der Waals surface area contributed by atoms with Crippen molar-refractivity contribution in [3.63, 3.8) is 0 Å². The van der Waals surface area contributed by atoms with Crippen LogP contribution in [0.2, 0.25) is 10.0 Å². The molecule has 0 saturated heterocycles. The van der Waals surface area contributed by atoms with Gasteiger partial charge in [-0.15, -0.1) is 0 Å². The Morgan fingerprint density at radius 1 is 1.15 bits per heavy atom. The van der Waals surface area contributed by atoms with E-state index in [1.165, 1.54) is 19.3 Å². The second kappa shape index (κ2) is 4.64. The SMILES string of the molecule is O=C(NCC1CC2CC1C1CC21)c1ccc(Cl)cc1Cl. The van der Waals surface area contributed by atoms with Crippen LogP contribution in [0.15, 0.2) is 18.2 Å². The minimum atomic E-state index is -0.0817. The largest absolute Gasteiger partial charge is 0.352 e. The summed E-state index contributed by atoms with van der Waals surface area (Å²) >= 11 is 11.9. The molecule has 1 aromatic carbocycles. The van der Waals surface area contributed by atoms with Gasteiger partial charge >= 0.3 is 0 Å². The summed E-state index contributed by atoms with van der Waals surface area (Å²) in [4.78, 5) is 12.2. The van der Waals surface area contributed by atoms with E-state index in [0.717, 1.165) is 30.2 Å². The predicted octanol–water partition coefficient (Wildman–Crippen LogP) is 4.02. The summed E-state index contributed by atoms with van der Waals surface area (Å²) in [5, 5.41) is 4.04. The van der Waals surface area contributed by atoms with E-state index >= 15 is 0 Å². The number of halogens is 2. The molecular formula is C16H17Cl2NO. The molecule has 1 aromatic rings. The Kier molecular flexibility index (Phi) is 3.01. The fourth-order valence-electron chi connectivity index (χ4n) is 4.57. The Hall–Kier alpha value is -0.730. The van der Waals surface area contributed by atoms with Gasteiger partial charge in [0.1, 0.15) is 0 Å². The molecular weight excluding hydrogens is 293 g/mol. The van der Waals surface area contributed by atoms with Crippen molar-refractivity contribution in [2.75, 3.05) is 6.54 Å². The third-order valence-corrected chi connectivity index (χ3v) is 6.08. The summed E-state index contributed by atoms with van der Waals surface area (Å²) in [6.45, 7) is 0.794. The summed E-state index contributed by atoms with van der Waals surface area (Å²) < 4.78 is 0. The third kappa shape index (κ3) is 2.05. The number of carbonyl (C=O) groups is 1. The number of fused-ring (bicyclic) bond motifs is 5. The van der Waals surface area contributed by atoms with E-state index in [2.05, 4.69) is 5.32 Å². The van der Waals surface area contributed by atoms with Gasteiger partial charge in [-0.05, 0) is 67.1 Å². The van der Waals surface area contributed by atoms with Crippen LogP contribution in [0.1, 0.15) is 29.6 Å². The summed E-state index contributed by atoms with van der Waals surface area (Å²) in [5.41, 5.74) is 0.517. The lowest BCUT2D eigenvalue weighted by molar-refractivity contribution is 0.0941. The van der Waals surface area contributed by atoms with Gasteiger partial charge in [-0.25, -0.2) is 0 Å². The highest BCUT2D eigenvalue weighted by Gasteiger charge is 2.60. The molecule has 0 aromatic heterocycles. The summed E-state index contributed by atoms with van der Waals surface area (Å²) in [6.07, 6.45) is 4.15. The van der Waals surface area contributed by atoms with E-state index in [1.54, 1.807) is 18.2 Å². The van der Waals surface area contributed by atoms with E-state index < -0.39 is 0 Å². The minimum Gasteiger partial charge on any atom is -0.352 e. The van der Waals surface area contributed by atoms with Crippen molar-refractivity contribution in [3.8, 4) is 0 Å². The fourth-order valence-corrected chi connectivity index (χ4v) is 5.07. The van der Waals surface area contributed by atoms with E-state index in [1.807, 2.05) is 0 Å². The zero-order chi connectivity index (χ0) is 13.9. The highest BCUT2D eigenvalue weighted by molar-refractivity contribution is 6.36. The van der Waals surface area contributed by atoms with Crippen molar-refractivity contribution in [3.05, 3.63) is 33.8 Å². The zero-order valence-corrected chi connectivity index (χ0v) is 12.6. The van der Waals surface area contributed by atoms with Crippen molar-refractivity contribution in [1.29, 1.82) is 0 Å². The number of hydrogen-bond donors (Lipinski definition) is 1. The molecule has 2 nitrogen and oxygen atoms in total. The van der Waals surface area contributed by atoms with Gasteiger partial charge in [-0.2, -0.15) is 0 Å². The molecule has 4 rings (SSSR count). The number of nitrogens with one attached hydrogen (secondary N) is 1. The van der Waals surface area contributed by atoms with Gasteiger partial charge in [-0.1, -0.05) is 23.2 Å². The topological polar surface area (TPSA) is 29.1 Å². The molecule has 1 amide bonds. The average molecular weight is 310 g/mol. The van der Waals surface area contributed by atoms with Gasteiger partial charge in [0.25, 0.3) is 5.91 Å². The van der Waals surface area contributed by atoms with E-state index in [4.69, 9.17) is 23.2 Å². The number of amides is 1. The molecule has 3 saturated carbocycles. The molecule has 20 heavy (non-hydrogen) atoms. The van der Waals surface area contributed by atoms with Crippen LogP contribution < -0.4 is 5.32 Å². The molecule has 0 radical (unpaired) electrons. The second-order valence-electron chi connectivity index (χ2n) is 6.55. The molecule has 3 fully saturated rings. The average Bonchev–Trinajstić information content (AvgIpc) is 3.02. The lowest BCUT2D eigenvalue weighted by atomic mass is 9.88. The maximum atomic E-state index is 12.2. The van der Waals surface area contributed by atoms with Crippen LogP contribution >= 0.6 is 23.2 Å². The third-order valence-electron chi connectivity index (χ3n) is 5.53. The Balaban J connectivity index is 1.38. The van der Waals surface area contributed by atoms with Crippen LogP contribution in [0.5, 0.6) is 0 Å². The van der Waals surface area contributed by atoms with Crippen molar-refractivity contribution >= 4 is 29.1 Å². The molecule has 3 aliphatic carbocycles. The van der Waals surface area contributed by atoms with Gasteiger partial charge in [0, 0.05) is 11.6 Å². The Labute approximate surface area is 128 Å². The fraction of sp³-hybridized carbons (Fsp3) is 0.562. The smallest absolute Gasteiger partial charge is 0.252 e. The lowest BCUT2D eigenvalue weighted by Gasteiger charge is -2.21. The maximum absolute atomic E-state index is 12.2. The van der Waals surface area contributed by atoms with Gasteiger partial charge in [0.2, 0.25) is 0 Å². The van der Waals surface area contributed by atoms with Crippen LogP contribution in [0.25, 0.3) is 0 Å². The van der Waals surface area contributed by atoms with Crippen molar-refractivity contribution < 1.29 is 4.79 Å². The zero-order valence-electron chi connectivity index (χ0n) is 11.1. The van der Waals surface area contributed by atoms with Crippen LogP contribution in [-0.2, 0) is 0 Å². The Bertz CT molecular complexity index is 574. The van der Waals surface area contributed by atoms with Crippen molar-refractivity contribution in [2.45, 2.75) is 19.3 Å². The quantitative estimate of drug-likeness (QED) is 0.898. The molecule has 5 unspecified atom stereocenters. The minimum absolute atomic E-state index is 0.0817. The molecule has 0 heterocycles. The van der Waals surface area contributed by atoms with E-state index in [-0.39, 0.29) is 5.91 Å². The van der Waals surface area contributed by atoms with Crippen molar-refractivity contribution in [2.24, 2.45) is 29.6 Å². The summed E-state index contributed by atoms with van der Waals surface area (Å²) in [7, 11) is 0. The van der Waals surface area contributed by atoms with Crippen LogP contribution in [0.3, 0.4) is 0 Å². The molecule has 0 spiro atoms. The van der Waals surface area contributed by atoms with Crippen LogP contribution in [-0.4, -0.2) is 12.5 Å². The van der Waals surface area contributed by atoms with Gasteiger partial charge in [0.15, 0.2) is 0 Å². The molecule has 106 valence electrons. The lowest BCUT2D eigenvalue weighted by Crippen LogP contribution is -2.32. The standard InChI is InChI=1S/C16H17Cl2NO/c17-10-1-2-11(15(18)5-10)16(20)19-7-9-3-8-4-12(9)14-6-13(8)14/h1-2,5,8-9,12-14H,3-4,6-7H2,(H,19,20). The Morgan fingerprint density at radius 3 is 2.70 bits per heavy atom. The maximum Gasteiger partial charge on any atom is 0.252 e. The first-order valence-electron chi connectivity index (χ1n) is 7.36. The summed E-state index contributed by atoms with van der Waals surface area (Å²) in [5.74, 6) is 4.44. The Morgan fingerprint density at radius 2 is 2.00 bits per heavy atom. The number of rotatable bonds is 3. The van der Waals surface area contributed by atoms with Gasteiger partial charge < -0.3 is 5.32 Å². The number of carbonyl (C=O) groups excluding carboxylic acids is 1. The molecule has 4 heteroatoms. The summed E-state index contributed by atoms with van der Waals surface area (Å²) in [6, 6.07) is 5.01. The second-order valence-corrected chi connectivity index (χ2v) is 7.40. The molecule has 3 aliphatic rings. The molecule has 2 bridgehead atoms. The van der Waals surface area contributed by atoms with Crippen molar-refractivity contribution in [1.82, 2.24) is 5.32 Å². The highest BCUT2D eigenvalue weighted by Crippen LogP contribution is 2.67. The molecule has 5 atom stereocenters. The monoisotopic (exact) mass is 309 g/mol. The predicted molar refractivity (Wildman–Crippen MR) is 80.1 cm³/mol. The van der Waals surface area contributed by atoms with Gasteiger partial charge in [-0.3, -0.25) is 4.79 Å². The first-order chi connectivity index (χ1) is 9.63.